The zero-order valence-corrected chi connectivity index (χ0v) is 14.0. The van der Waals surface area contributed by atoms with Gasteiger partial charge in [-0.3, -0.25) is 24.3 Å². The van der Waals surface area contributed by atoms with Crippen LogP contribution in [0.1, 0.15) is 15.4 Å². The van der Waals surface area contributed by atoms with E-state index in [0.717, 1.165) is 21.5 Å². The summed E-state index contributed by atoms with van der Waals surface area (Å²) in [5, 5.41) is 4.18. The molecule has 0 aliphatic carbocycles. The minimum Gasteiger partial charge on any atom is -0.349 e. The number of amides is 3. The Morgan fingerprint density at radius 2 is 2.21 bits per heavy atom. The third-order valence-electron chi connectivity index (χ3n) is 3.11. The average Bonchev–Trinajstić information content (AvgIpc) is 3.19. The molecule has 1 fully saturated rings. The molecule has 9 heteroatoms. The maximum atomic E-state index is 12.3. The Morgan fingerprint density at radius 3 is 2.92 bits per heavy atom. The molecular formula is C15H12N4O3S2. The van der Waals surface area contributed by atoms with Gasteiger partial charge in [0.15, 0.2) is 0 Å². The molecular weight excluding hydrogens is 348 g/mol. The van der Waals surface area contributed by atoms with Gasteiger partial charge in [-0.25, -0.2) is 4.98 Å². The number of nitrogens with one attached hydrogen (secondary N) is 1. The van der Waals surface area contributed by atoms with Crippen molar-refractivity contribution in [2.75, 3.05) is 13.1 Å². The summed E-state index contributed by atoms with van der Waals surface area (Å²) in [4.78, 5) is 46.2. The number of carbonyl (C=O) groups excluding carboxylic acids is 3. The van der Waals surface area contributed by atoms with Crippen molar-refractivity contribution < 1.29 is 14.4 Å². The molecule has 0 spiro atoms. The molecule has 0 saturated carbocycles. The predicted octanol–water partition coefficient (Wildman–Crippen LogP) is 2.00. The minimum absolute atomic E-state index is 0.110. The lowest BCUT2D eigenvalue weighted by Crippen LogP contribution is -2.37. The molecule has 0 radical (unpaired) electrons. The number of carbonyl (C=O) groups is 3. The lowest BCUT2D eigenvalue weighted by Gasteiger charge is -2.12. The summed E-state index contributed by atoms with van der Waals surface area (Å²) >= 11 is 2.40. The molecule has 2 aromatic rings. The lowest BCUT2D eigenvalue weighted by molar-refractivity contribution is -0.122. The van der Waals surface area contributed by atoms with Crippen molar-refractivity contribution in [2.45, 2.75) is 0 Å². The zero-order chi connectivity index (χ0) is 16.9. The molecule has 1 aliphatic rings. The van der Waals surface area contributed by atoms with Crippen LogP contribution in [-0.4, -0.2) is 45.0 Å². The molecule has 0 bridgehead atoms. The highest BCUT2D eigenvalue weighted by atomic mass is 32.2. The van der Waals surface area contributed by atoms with Crippen LogP contribution in [0.2, 0.25) is 0 Å². The fourth-order valence-electron chi connectivity index (χ4n) is 1.98. The first-order chi connectivity index (χ1) is 11.6. The highest BCUT2D eigenvalue weighted by Gasteiger charge is 2.34. The maximum absolute atomic E-state index is 12.3. The monoisotopic (exact) mass is 360 g/mol. The minimum atomic E-state index is -0.399. The van der Waals surface area contributed by atoms with Crippen molar-refractivity contribution >= 4 is 46.2 Å². The molecule has 7 nitrogen and oxygen atoms in total. The standard InChI is InChI=1S/C15H12N4O3S2/c20-13(11-9-16-3-4-17-11)18-5-6-19-14(21)12(24-15(19)22)8-10-2-1-7-23-10/h1-4,7-9H,5-6H2,(H,18,20)/b12-8+. The number of imide groups is 1. The van der Waals surface area contributed by atoms with Crippen LogP contribution in [0.3, 0.4) is 0 Å². The first kappa shape index (κ1) is 16.3. The Labute approximate surface area is 145 Å². The third kappa shape index (κ3) is 3.69. The number of thiophene rings is 1. The van der Waals surface area contributed by atoms with Crippen LogP contribution in [0.4, 0.5) is 4.79 Å². The summed E-state index contributed by atoms with van der Waals surface area (Å²) in [6.07, 6.45) is 5.94. The van der Waals surface area contributed by atoms with E-state index >= 15 is 0 Å². The molecule has 1 aliphatic heterocycles. The van der Waals surface area contributed by atoms with Gasteiger partial charge in [-0.15, -0.1) is 11.3 Å². The molecule has 1 N–H and O–H groups in total. The molecule has 1 saturated heterocycles. The van der Waals surface area contributed by atoms with E-state index < -0.39 is 5.91 Å². The first-order valence-electron chi connectivity index (χ1n) is 6.98. The smallest absolute Gasteiger partial charge is 0.293 e. The van der Waals surface area contributed by atoms with Crippen molar-refractivity contribution in [2.24, 2.45) is 0 Å². The Hall–Kier alpha value is -2.52. The second-order valence-electron chi connectivity index (χ2n) is 4.70. The highest BCUT2D eigenvalue weighted by Crippen LogP contribution is 2.32. The van der Waals surface area contributed by atoms with Crippen LogP contribution in [0.25, 0.3) is 6.08 Å². The van der Waals surface area contributed by atoms with Crippen LogP contribution in [-0.2, 0) is 4.79 Å². The van der Waals surface area contributed by atoms with E-state index in [-0.39, 0.29) is 29.9 Å². The van der Waals surface area contributed by atoms with Gasteiger partial charge in [0.1, 0.15) is 5.69 Å². The van der Waals surface area contributed by atoms with E-state index in [1.807, 2.05) is 17.5 Å². The summed E-state index contributed by atoms with van der Waals surface area (Å²) in [6.45, 7) is 0.262. The van der Waals surface area contributed by atoms with Crippen molar-refractivity contribution in [1.82, 2.24) is 20.2 Å². The first-order valence-corrected chi connectivity index (χ1v) is 8.68. The summed E-state index contributed by atoms with van der Waals surface area (Å²) < 4.78 is 0. The molecule has 3 rings (SSSR count). The summed E-state index contributed by atoms with van der Waals surface area (Å²) in [5.74, 6) is -0.739. The van der Waals surface area contributed by atoms with Gasteiger partial charge in [-0.1, -0.05) is 6.07 Å². The van der Waals surface area contributed by atoms with Gasteiger partial charge < -0.3 is 5.32 Å². The second-order valence-corrected chi connectivity index (χ2v) is 6.67. The quantitative estimate of drug-likeness (QED) is 0.820. The van der Waals surface area contributed by atoms with E-state index in [2.05, 4.69) is 15.3 Å². The Balaban J connectivity index is 1.57. The van der Waals surface area contributed by atoms with E-state index in [4.69, 9.17) is 0 Å². The topological polar surface area (TPSA) is 92.3 Å². The van der Waals surface area contributed by atoms with Gasteiger partial charge >= 0.3 is 0 Å². The second kappa shape index (κ2) is 7.37. The normalized spacial score (nSPS) is 16.0. The fourth-order valence-corrected chi connectivity index (χ4v) is 3.57. The fraction of sp³-hybridized carbons (Fsp3) is 0.133. The number of nitrogens with zero attached hydrogens (tertiary/aromatic N) is 3. The third-order valence-corrected chi connectivity index (χ3v) is 4.83. The van der Waals surface area contributed by atoms with Crippen LogP contribution in [0.5, 0.6) is 0 Å². The Morgan fingerprint density at radius 1 is 1.33 bits per heavy atom. The summed E-state index contributed by atoms with van der Waals surface area (Å²) in [5.41, 5.74) is 0.184. The van der Waals surface area contributed by atoms with Crippen molar-refractivity contribution in [3.8, 4) is 0 Å². The van der Waals surface area contributed by atoms with E-state index in [0.29, 0.717) is 4.91 Å². The number of rotatable bonds is 5. The molecule has 0 aromatic carbocycles. The van der Waals surface area contributed by atoms with Crippen LogP contribution in [0.15, 0.2) is 41.0 Å². The predicted molar refractivity (Wildman–Crippen MR) is 91.4 cm³/mol. The molecule has 122 valence electrons. The molecule has 0 atom stereocenters. The number of thioether (sulfide) groups is 1. The van der Waals surface area contributed by atoms with Crippen LogP contribution >= 0.6 is 23.1 Å². The van der Waals surface area contributed by atoms with Gasteiger partial charge in [0.25, 0.3) is 17.1 Å². The Bertz CT molecular complexity index is 790. The van der Waals surface area contributed by atoms with E-state index in [1.54, 1.807) is 6.08 Å². The summed E-state index contributed by atoms with van der Waals surface area (Å²) in [6, 6.07) is 3.75. The maximum Gasteiger partial charge on any atom is 0.293 e. The van der Waals surface area contributed by atoms with Gasteiger partial charge in [-0.2, -0.15) is 0 Å². The van der Waals surface area contributed by atoms with Gasteiger partial charge in [0.05, 0.1) is 11.1 Å². The van der Waals surface area contributed by atoms with Crippen LogP contribution in [0, 0.1) is 0 Å². The molecule has 2 aromatic heterocycles. The van der Waals surface area contributed by atoms with Gasteiger partial charge in [0, 0.05) is 30.4 Å². The largest absolute Gasteiger partial charge is 0.349 e. The number of aromatic nitrogens is 2. The highest BCUT2D eigenvalue weighted by molar-refractivity contribution is 8.18. The van der Waals surface area contributed by atoms with Crippen molar-refractivity contribution in [3.05, 3.63) is 51.6 Å². The van der Waals surface area contributed by atoms with Crippen molar-refractivity contribution in [3.63, 3.8) is 0 Å². The molecule has 24 heavy (non-hydrogen) atoms. The summed E-state index contributed by atoms with van der Waals surface area (Å²) in [7, 11) is 0. The van der Waals surface area contributed by atoms with Gasteiger partial charge in [0.2, 0.25) is 0 Å². The van der Waals surface area contributed by atoms with Crippen molar-refractivity contribution in [1.29, 1.82) is 0 Å². The zero-order valence-electron chi connectivity index (χ0n) is 12.3. The SMILES string of the molecule is O=C(NCCN1C(=O)S/C(=C/c2cccs2)C1=O)c1cnccn1. The molecule has 3 heterocycles. The number of hydrogen-bond donors (Lipinski definition) is 1. The van der Waals surface area contributed by atoms with E-state index in [9.17, 15) is 14.4 Å². The molecule has 3 amide bonds. The van der Waals surface area contributed by atoms with E-state index in [1.165, 1.54) is 29.9 Å². The lowest BCUT2D eigenvalue weighted by atomic mass is 10.3. The number of hydrogen-bond acceptors (Lipinski definition) is 7. The average molecular weight is 360 g/mol. The van der Waals surface area contributed by atoms with Gasteiger partial charge in [-0.05, 0) is 29.3 Å². The Kier molecular flexibility index (Phi) is 5.02. The van der Waals surface area contributed by atoms with Crippen LogP contribution < -0.4 is 5.32 Å². The molecule has 0 unspecified atom stereocenters.